The van der Waals surface area contributed by atoms with Crippen molar-refractivity contribution >= 4 is 51.6 Å². The van der Waals surface area contributed by atoms with E-state index in [0.29, 0.717) is 5.69 Å². The van der Waals surface area contributed by atoms with Crippen LogP contribution in [0.15, 0.2) is 42.5 Å². The molecule has 116 valence electrons. The molecule has 0 bridgehead atoms. The van der Waals surface area contributed by atoms with Crippen LogP contribution in [0.5, 0.6) is 0 Å². The van der Waals surface area contributed by atoms with Gasteiger partial charge < -0.3 is 10.6 Å². The number of rotatable bonds is 2. The van der Waals surface area contributed by atoms with E-state index < -0.39 is 22.8 Å². The average Bonchev–Trinajstić information content (AvgIpc) is 2.42. The molecule has 22 heavy (non-hydrogen) atoms. The third-order valence-electron chi connectivity index (χ3n) is 2.65. The molecule has 0 aliphatic rings. The van der Waals surface area contributed by atoms with Crippen molar-refractivity contribution in [2.24, 2.45) is 0 Å². The minimum absolute atomic E-state index is 0.000152. The molecule has 3 nitrogen and oxygen atoms in total. The summed E-state index contributed by atoms with van der Waals surface area (Å²) in [6.07, 6.45) is -4.58. The molecule has 0 fully saturated rings. The number of hydrogen-bond acceptors (Lipinski definition) is 1. The van der Waals surface area contributed by atoms with Crippen molar-refractivity contribution < 1.29 is 18.0 Å². The summed E-state index contributed by atoms with van der Waals surface area (Å²) < 4.78 is 39.1. The fraction of sp³-hybridized carbons (Fsp3) is 0.0714. The molecule has 0 saturated carbocycles. The minimum Gasteiger partial charge on any atom is -0.308 e. The molecule has 0 unspecified atom stereocenters. The first kappa shape index (κ1) is 16.9. The molecular formula is C14H9ClF3IN2O. The highest BCUT2D eigenvalue weighted by Crippen LogP contribution is 2.36. The maximum Gasteiger partial charge on any atom is 0.417 e. The van der Waals surface area contributed by atoms with Crippen molar-refractivity contribution in [1.82, 2.24) is 0 Å². The van der Waals surface area contributed by atoms with E-state index in [9.17, 15) is 18.0 Å². The van der Waals surface area contributed by atoms with Crippen molar-refractivity contribution in [2.75, 3.05) is 10.6 Å². The van der Waals surface area contributed by atoms with Gasteiger partial charge in [-0.3, -0.25) is 0 Å². The Morgan fingerprint density at radius 1 is 1.09 bits per heavy atom. The highest BCUT2D eigenvalue weighted by atomic mass is 127. The van der Waals surface area contributed by atoms with E-state index >= 15 is 0 Å². The molecule has 0 saturated heterocycles. The van der Waals surface area contributed by atoms with Gasteiger partial charge in [0.05, 0.1) is 16.3 Å². The van der Waals surface area contributed by atoms with Crippen molar-refractivity contribution in [1.29, 1.82) is 0 Å². The van der Waals surface area contributed by atoms with E-state index in [2.05, 4.69) is 10.6 Å². The van der Waals surface area contributed by atoms with Gasteiger partial charge in [-0.15, -0.1) is 0 Å². The molecule has 2 aromatic carbocycles. The predicted molar refractivity (Wildman–Crippen MR) is 88.3 cm³/mol. The van der Waals surface area contributed by atoms with Crippen LogP contribution in [0.25, 0.3) is 0 Å². The lowest BCUT2D eigenvalue weighted by atomic mass is 10.2. The second kappa shape index (κ2) is 6.74. The molecule has 0 aromatic heterocycles. The van der Waals surface area contributed by atoms with Crippen LogP contribution in [0, 0.1) is 3.57 Å². The van der Waals surface area contributed by atoms with Gasteiger partial charge in [0.2, 0.25) is 0 Å². The van der Waals surface area contributed by atoms with Crippen LogP contribution in [0.1, 0.15) is 5.56 Å². The summed E-state index contributed by atoms with van der Waals surface area (Å²) in [5, 5.41) is 4.48. The summed E-state index contributed by atoms with van der Waals surface area (Å²) in [6.45, 7) is 0. The van der Waals surface area contributed by atoms with E-state index in [1.54, 1.807) is 24.3 Å². The van der Waals surface area contributed by atoms with Gasteiger partial charge in [-0.2, -0.15) is 13.2 Å². The molecular weight excluding hydrogens is 432 g/mol. The zero-order valence-corrected chi connectivity index (χ0v) is 13.8. The second-order valence-corrected chi connectivity index (χ2v) is 5.82. The maximum atomic E-state index is 12.8. The van der Waals surface area contributed by atoms with E-state index in [-0.39, 0.29) is 5.69 Å². The van der Waals surface area contributed by atoms with Crippen molar-refractivity contribution in [2.45, 2.75) is 6.18 Å². The smallest absolute Gasteiger partial charge is 0.308 e. The first-order valence-electron chi connectivity index (χ1n) is 5.96. The minimum atomic E-state index is -4.58. The SMILES string of the molecule is O=C(Nc1ccc(Cl)c(C(F)(F)F)c1)Nc1ccccc1I. The van der Waals surface area contributed by atoms with Gasteiger partial charge in [-0.1, -0.05) is 23.7 Å². The molecule has 2 aromatic rings. The van der Waals surface area contributed by atoms with Crippen molar-refractivity contribution in [3.63, 3.8) is 0 Å². The summed E-state index contributed by atoms with van der Waals surface area (Å²) >= 11 is 7.55. The van der Waals surface area contributed by atoms with Crippen LogP contribution in [0.3, 0.4) is 0 Å². The van der Waals surface area contributed by atoms with E-state index in [1.165, 1.54) is 6.07 Å². The third kappa shape index (κ3) is 4.26. The molecule has 0 atom stereocenters. The van der Waals surface area contributed by atoms with Crippen LogP contribution in [-0.2, 0) is 6.18 Å². The predicted octanol–water partition coefficient (Wildman–Crippen LogP) is 5.61. The molecule has 0 spiro atoms. The van der Waals surface area contributed by atoms with Crippen LogP contribution in [0.4, 0.5) is 29.3 Å². The highest BCUT2D eigenvalue weighted by molar-refractivity contribution is 14.1. The lowest BCUT2D eigenvalue weighted by Gasteiger charge is -2.12. The molecule has 2 rings (SSSR count). The Morgan fingerprint density at radius 2 is 1.77 bits per heavy atom. The van der Waals surface area contributed by atoms with Crippen molar-refractivity contribution in [3.05, 3.63) is 56.6 Å². The monoisotopic (exact) mass is 440 g/mol. The Labute approximate surface area is 143 Å². The Hall–Kier alpha value is -1.48. The summed E-state index contributed by atoms with van der Waals surface area (Å²) in [7, 11) is 0. The Bertz CT molecular complexity index is 707. The number of urea groups is 1. The standard InChI is InChI=1S/C14H9ClF3IN2O/c15-10-6-5-8(7-9(10)14(16,17)18)20-13(22)21-12-4-2-1-3-11(12)19/h1-7H,(H2,20,21,22). The van der Waals surface area contributed by atoms with E-state index in [1.807, 2.05) is 22.6 Å². The molecule has 0 aliphatic heterocycles. The van der Waals surface area contributed by atoms with Gasteiger partial charge in [0.1, 0.15) is 0 Å². The number of anilines is 2. The summed E-state index contributed by atoms with van der Waals surface area (Å²) in [5.41, 5.74) is -0.438. The van der Waals surface area contributed by atoms with Crippen LogP contribution >= 0.6 is 34.2 Å². The quantitative estimate of drug-likeness (QED) is 0.586. The first-order valence-corrected chi connectivity index (χ1v) is 7.42. The fourth-order valence-electron chi connectivity index (χ4n) is 1.67. The van der Waals surface area contributed by atoms with Gasteiger partial charge in [-0.05, 0) is 52.9 Å². The molecule has 0 radical (unpaired) electrons. The normalized spacial score (nSPS) is 11.1. The Morgan fingerprint density at radius 3 is 2.41 bits per heavy atom. The largest absolute Gasteiger partial charge is 0.417 e. The lowest BCUT2D eigenvalue weighted by Crippen LogP contribution is -2.20. The number of benzene rings is 2. The van der Waals surface area contributed by atoms with E-state index in [0.717, 1.165) is 15.7 Å². The number of amides is 2. The van der Waals surface area contributed by atoms with Crippen molar-refractivity contribution in [3.8, 4) is 0 Å². The first-order chi connectivity index (χ1) is 10.3. The van der Waals surface area contributed by atoms with Crippen LogP contribution in [0.2, 0.25) is 5.02 Å². The summed E-state index contributed by atoms with van der Waals surface area (Å²) in [4.78, 5) is 11.8. The van der Waals surface area contributed by atoms with Gasteiger partial charge in [0.25, 0.3) is 0 Å². The topological polar surface area (TPSA) is 41.1 Å². The number of carbonyl (C=O) groups excluding carboxylic acids is 1. The van der Waals surface area contributed by atoms with Gasteiger partial charge in [0.15, 0.2) is 0 Å². The molecule has 2 amide bonds. The maximum absolute atomic E-state index is 12.8. The van der Waals surface area contributed by atoms with E-state index in [4.69, 9.17) is 11.6 Å². The highest BCUT2D eigenvalue weighted by Gasteiger charge is 2.33. The zero-order chi connectivity index (χ0) is 16.3. The number of hydrogen-bond donors (Lipinski definition) is 2. The molecule has 2 N–H and O–H groups in total. The zero-order valence-electron chi connectivity index (χ0n) is 10.8. The third-order valence-corrected chi connectivity index (χ3v) is 3.92. The summed E-state index contributed by atoms with van der Waals surface area (Å²) in [5.74, 6) is 0. The Kier molecular flexibility index (Phi) is 5.17. The molecule has 0 heterocycles. The lowest BCUT2D eigenvalue weighted by molar-refractivity contribution is -0.137. The summed E-state index contributed by atoms with van der Waals surface area (Å²) in [6, 6.07) is 9.56. The Balaban J connectivity index is 2.14. The number of nitrogens with one attached hydrogen (secondary N) is 2. The van der Waals surface area contributed by atoms with Gasteiger partial charge >= 0.3 is 12.2 Å². The average molecular weight is 441 g/mol. The van der Waals surface area contributed by atoms with Crippen LogP contribution in [-0.4, -0.2) is 6.03 Å². The number of para-hydroxylation sites is 1. The van der Waals surface area contributed by atoms with Crippen LogP contribution < -0.4 is 10.6 Å². The van der Waals surface area contributed by atoms with Gasteiger partial charge in [0, 0.05) is 9.26 Å². The number of carbonyl (C=O) groups is 1. The molecule has 0 aliphatic carbocycles. The van der Waals surface area contributed by atoms with Gasteiger partial charge in [-0.25, -0.2) is 4.79 Å². The fourth-order valence-corrected chi connectivity index (χ4v) is 2.41. The number of halogens is 5. The molecule has 8 heteroatoms. The number of alkyl halides is 3. The second-order valence-electron chi connectivity index (χ2n) is 4.25.